The van der Waals surface area contributed by atoms with Crippen molar-refractivity contribution in [3.63, 3.8) is 0 Å². The monoisotopic (exact) mass is 468 g/mol. The van der Waals surface area contributed by atoms with Gasteiger partial charge in [-0.2, -0.15) is 0 Å². The van der Waals surface area contributed by atoms with Crippen molar-refractivity contribution in [3.05, 3.63) is 47.2 Å². The van der Waals surface area contributed by atoms with Crippen LogP contribution in [0.5, 0.6) is 5.75 Å². The highest BCUT2D eigenvalue weighted by atomic mass is 35.5. The van der Waals surface area contributed by atoms with Crippen LogP contribution >= 0.6 is 11.6 Å². The summed E-state index contributed by atoms with van der Waals surface area (Å²) in [6, 6.07) is 7.78. The van der Waals surface area contributed by atoms with Crippen LogP contribution in [0, 0.1) is 0 Å². The fourth-order valence-electron chi connectivity index (χ4n) is 3.87. The molecule has 1 aliphatic heterocycles. The Bertz CT molecular complexity index is 1130. The fourth-order valence-corrected chi connectivity index (χ4v) is 4.18. The fraction of sp³-hybridized carbons (Fsp3) is 0.375. The van der Waals surface area contributed by atoms with Gasteiger partial charge in [-0.1, -0.05) is 18.5 Å². The molecule has 0 amide bonds. The van der Waals surface area contributed by atoms with Crippen molar-refractivity contribution in [1.82, 2.24) is 15.0 Å². The third-order valence-corrected chi connectivity index (χ3v) is 6.05. The Morgan fingerprint density at radius 3 is 2.88 bits per heavy atom. The zero-order chi connectivity index (χ0) is 23.4. The predicted octanol–water partition coefficient (Wildman–Crippen LogP) is 4.95. The third kappa shape index (κ3) is 5.12. The van der Waals surface area contributed by atoms with Crippen molar-refractivity contribution in [2.75, 3.05) is 56.5 Å². The second kappa shape index (κ2) is 10.2. The highest BCUT2D eigenvalue weighted by Crippen LogP contribution is 2.38. The molecule has 1 atom stereocenters. The zero-order valence-corrected chi connectivity index (χ0v) is 20.1. The molecule has 4 rings (SSSR count). The summed E-state index contributed by atoms with van der Waals surface area (Å²) >= 11 is 6.60. The van der Waals surface area contributed by atoms with E-state index in [1.807, 2.05) is 31.4 Å². The van der Waals surface area contributed by atoms with E-state index in [4.69, 9.17) is 26.1 Å². The number of aromatic nitrogens is 3. The quantitative estimate of drug-likeness (QED) is 0.427. The van der Waals surface area contributed by atoms with Crippen molar-refractivity contribution < 1.29 is 9.47 Å². The molecule has 0 saturated carbocycles. The average Bonchev–Trinajstić information content (AvgIpc) is 3.19. The van der Waals surface area contributed by atoms with E-state index in [0.29, 0.717) is 34.9 Å². The maximum Gasteiger partial charge on any atom is 0.227 e. The van der Waals surface area contributed by atoms with Crippen LogP contribution in [0.3, 0.4) is 0 Å². The summed E-state index contributed by atoms with van der Waals surface area (Å²) in [6.07, 6.45) is 4.46. The van der Waals surface area contributed by atoms with Crippen LogP contribution in [-0.4, -0.2) is 55.9 Å². The van der Waals surface area contributed by atoms with E-state index in [-0.39, 0.29) is 0 Å². The van der Waals surface area contributed by atoms with Crippen molar-refractivity contribution >= 4 is 34.7 Å². The summed E-state index contributed by atoms with van der Waals surface area (Å²) < 4.78 is 10.8. The zero-order valence-electron chi connectivity index (χ0n) is 19.4. The highest BCUT2D eigenvalue weighted by Gasteiger charge is 2.20. The van der Waals surface area contributed by atoms with Gasteiger partial charge in [0.05, 0.1) is 29.2 Å². The third-order valence-electron chi connectivity index (χ3n) is 5.74. The van der Waals surface area contributed by atoms with Crippen LogP contribution in [0.15, 0.2) is 36.7 Å². The van der Waals surface area contributed by atoms with Gasteiger partial charge in [-0.25, -0.2) is 15.0 Å². The molecule has 3 heterocycles. The molecule has 9 heteroatoms. The van der Waals surface area contributed by atoms with Crippen LogP contribution in [0.25, 0.3) is 11.3 Å². The van der Waals surface area contributed by atoms with Gasteiger partial charge in [-0.05, 0) is 30.2 Å². The Hall–Kier alpha value is -3.10. The summed E-state index contributed by atoms with van der Waals surface area (Å²) in [5, 5.41) is 7.19. The predicted molar refractivity (Wildman–Crippen MR) is 133 cm³/mol. The number of nitrogens with zero attached hydrogens (tertiary/aromatic N) is 4. The van der Waals surface area contributed by atoms with Crippen LogP contribution in [0.2, 0.25) is 5.02 Å². The van der Waals surface area contributed by atoms with Gasteiger partial charge in [-0.3, -0.25) is 0 Å². The topological polar surface area (TPSA) is 84.4 Å². The molecule has 2 aromatic heterocycles. The molecule has 1 unspecified atom stereocenters. The molecule has 0 aliphatic carbocycles. The number of hydrogen-bond acceptors (Lipinski definition) is 8. The SMILES string of the molecule is COCCCN(C)c1cc(OC)c(Nc2nccc(-c3cnc4c(c3)C(C)CN4)n2)cc1Cl. The van der Waals surface area contributed by atoms with Gasteiger partial charge in [0.25, 0.3) is 0 Å². The van der Waals surface area contributed by atoms with Crippen LogP contribution in [-0.2, 0) is 4.74 Å². The number of halogens is 1. The molecule has 8 nitrogen and oxygen atoms in total. The van der Waals surface area contributed by atoms with Gasteiger partial charge in [0, 0.05) is 63.8 Å². The molecule has 1 aliphatic rings. The van der Waals surface area contributed by atoms with E-state index in [0.717, 1.165) is 42.3 Å². The molecule has 0 saturated heterocycles. The van der Waals surface area contributed by atoms with Crippen molar-refractivity contribution in [3.8, 4) is 17.0 Å². The minimum Gasteiger partial charge on any atom is -0.494 e. The number of methoxy groups -OCH3 is 2. The number of rotatable bonds is 9. The number of fused-ring (bicyclic) bond motifs is 1. The Morgan fingerprint density at radius 1 is 1.24 bits per heavy atom. The average molecular weight is 469 g/mol. The minimum absolute atomic E-state index is 0.421. The summed E-state index contributed by atoms with van der Waals surface area (Å²) in [6.45, 7) is 4.60. The number of benzene rings is 1. The van der Waals surface area contributed by atoms with Crippen molar-refractivity contribution in [2.45, 2.75) is 19.3 Å². The smallest absolute Gasteiger partial charge is 0.227 e. The van der Waals surface area contributed by atoms with Gasteiger partial charge < -0.3 is 25.0 Å². The number of ether oxygens (including phenoxy) is 2. The van der Waals surface area contributed by atoms with E-state index >= 15 is 0 Å². The Labute approximate surface area is 199 Å². The van der Waals surface area contributed by atoms with Crippen molar-refractivity contribution in [1.29, 1.82) is 0 Å². The summed E-state index contributed by atoms with van der Waals surface area (Å²) in [7, 11) is 5.33. The molecule has 0 bridgehead atoms. The van der Waals surface area contributed by atoms with E-state index < -0.39 is 0 Å². The summed E-state index contributed by atoms with van der Waals surface area (Å²) in [5.74, 6) is 2.48. The van der Waals surface area contributed by atoms with Crippen LogP contribution < -0.4 is 20.3 Å². The van der Waals surface area contributed by atoms with Gasteiger partial charge in [0.1, 0.15) is 11.6 Å². The first-order valence-corrected chi connectivity index (χ1v) is 11.3. The molecule has 33 heavy (non-hydrogen) atoms. The van der Waals surface area contributed by atoms with Crippen LogP contribution in [0.4, 0.5) is 23.1 Å². The molecule has 2 N–H and O–H groups in total. The van der Waals surface area contributed by atoms with Crippen molar-refractivity contribution in [2.24, 2.45) is 0 Å². The second-order valence-electron chi connectivity index (χ2n) is 8.11. The number of hydrogen-bond donors (Lipinski definition) is 2. The largest absolute Gasteiger partial charge is 0.494 e. The van der Waals surface area contributed by atoms with E-state index in [1.165, 1.54) is 5.56 Å². The molecule has 3 aromatic rings. The first-order valence-electron chi connectivity index (χ1n) is 10.9. The Morgan fingerprint density at radius 2 is 2.09 bits per heavy atom. The van der Waals surface area contributed by atoms with Crippen LogP contribution in [0.1, 0.15) is 24.8 Å². The first kappa shape index (κ1) is 23.1. The Balaban J connectivity index is 1.57. The molecule has 0 spiro atoms. The lowest BCUT2D eigenvalue weighted by Gasteiger charge is -2.22. The van der Waals surface area contributed by atoms with Gasteiger partial charge in [-0.15, -0.1) is 0 Å². The van der Waals surface area contributed by atoms with E-state index in [1.54, 1.807) is 20.4 Å². The lowest BCUT2D eigenvalue weighted by molar-refractivity contribution is 0.196. The summed E-state index contributed by atoms with van der Waals surface area (Å²) in [4.78, 5) is 15.7. The standard InChI is InChI=1S/C24H29ClN6O2/c1-15-13-27-23-17(15)10-16(14-28-23)19-6-7-26-24(29-19)30-20-11-18(25)21(12-22(20)33-4)31(2)8-5-9-32-3/h6-7,10-12,14-15H,5,8-9,13H2,1-4H3,(H,27,28)(H,26,29,30). The van der Waals surface area contributed by atoms with E-state index in [2.05, 4.69) is 38.5 Å². The minimum atomic E-state index is 0.421. The first-order chi connectivity index (χ1) is 16.0. The van der Waals surface area contributed by atoms with Gasteiger partial charge >= 0.3 is 0 Å². The lowest BCUT2D eigenvalue weighted by Crippen LogP contribution is -2.20. The molecular formula is C24H29ClN6O2. The molecule has 0 fully saturated rings. The van der Waals surface area contributed by atoms with Gasteiger partial charge in [0.2, 0.25) is 5.95 Å². The lowest BCUT2D eigenvalue weighted by atomic mass is 10.0. The molecule has 0 radical (unpaired) electrons. The molecule has 174 valence electrons. The van der Waals surface area contributed by atoms with Gasteiger partial charge in [0.15, 0.2) is 0 Å². The maximum absolute atomic E-state index is 6.60. The molecular weight excluding hydrogens is 440 g/mol. The molecule has 1 aromatic carbocycles. The maximum atomic E-state index is 6.60. The van der Waals surface area contributed by atoms with E-state index in [9.17, 15) is 0 Å². The normalized spacial score (nSPS) is 14.5. The number of nitrogens with one attached hydrogen (secondary N) is 2. The Kier molecular flexibility index (Phi) is 7.15. The second-order valence-corrected chi connectivity index (χ2v) is 8.51. The number of anilines is 4. The highest BCUT2D eigenvalue weighted by molar-refractivity contribution is 6.33. The number of pyridine rings is 1. The summed E-state index contributed by atoms with van der Waals surface area (Å²) in [5.41, 5.74) is 4.53.